The molecule has 0 spiro atoms. The number of anilines is 1. The molecule has 0 aromatic heterocycles. The summed E-state index contributed by atoms with van der Waals surface area (Å²) in [7, 11) is 0. The number of phenols is 2. The van der Waals surface area contributed by atoms with Crippen molar-refractivity contribution in [1.82, 2.24) is 0 Å². The van der Waals surface area contributed by atoms with Crippen molar-refractivity contribution in [2.24, 2.45) is 0 Å². The third-order valence-corrected chi connectivity index (χ3v) is 5.62. The number of carbonyl (C=O) groups is 1. The summed E-state index contributed by atoms with van der Waals surface area (Å²) in [6, 6.07) is 15.2. The summed E-state index contributed by atoms with van der Waals surface area (Å²) < 4.78 is 0. The maximum absolute atomic E-state index is 13.0. The zero-order valence-corrected chi connectivity index (χ0v) is 17.8. The maximum Gasteiger partial charge on any atom is 0.272 e. The van der Waals surface area contributed by atoms with Gasteiger partial charge in [0.2, 0.25) is 5.91 Å². The van der Waals surface area contributed by atoms with E-state index in [4.69, 9.17) is 23.2 Å². The summed E-state index contributed by atoms with van der Waals surface area (Å²) in [6.45, 7) is 1.85. The van der Waals surface area contributed by atoms with Crippen molar-refractivity contribution in [2.75, 3.05) is 5.32 Å². The number of benzene rings is 3. The minimum atomic E-state index is -0.828. The number of phenolic OH excluding ortho intramolecular Hbond substituents is 2. The number of nitro groups is 1. The van der Waals surface area contributed by atoms with Gasteiger partial charge in [-0.1, -0.05) is 54.4 Å². The minimum absolute atomic E-state index is 0.0355. The highest BCUT2D eigenvalue weighted by Crippen LogP contribution is 2.39. The lowest BCUT2D eigenvalue weighted by molar-refractivity contribution is -0.384. The number of amides is 1. The second-order valence-corrected chi connectivity index (χ2v) is 8.01. The molecule has 3 rings (SSSR count). The topological polar surface area (TPSA) is 113 Å². The Hall–Kier alpha value is -3.29. The number of halogens is 2. The Labute approximate surface area is 188 Å². The number of nitrogens with one attached hydrogen (secondary N) is 1. The van der Waals surface area contributed by atoms with Gasteiger partial charge in [-0.3, -0.25) is 14.9 Å². The molecule has 31 heavy (non-hydrogen) atoms. The van der Waals surface area contributed by atoms with Gasteiger partial charge in [0, 0.05) is 24.0 Å². The monoisotopic (exact) mass is 460 g/mol. The van der Waals surface area contributed by atoms with E-state index in [1.807, 2.05) is 6.92 Å². The summed E-state index contributed by atoms with van der Waals surface area (Å²) in [5.74, 6) is -0.252. The summed E-state index contributed by atoms with van der Waals surface area (Å²) in [4.78, 5) is 23.3. The average molecular weight is 461 g/mol. The molecule has 0 heterocycles. The summed E-state index contributed by atoms with van der Waals surface area (Å²) in [6.07, 6.45) is -0.0355. The molecule has 7 nitrogen and oxygen atoms in total. The Morgan fingerprint density at radius 2 is 1.39 bits per heavy atom. The van der Waals surface area contributed by atoms with E-state index in [0.29, 0.717) is 0 Å². The number of hydrogen-bond acceptors (Lipinski definition) is 5. The summed E-state index contributed by atoms with van der Waals surface area (Å²) >= 11 is 12.2. The van der Waals surface area contributed by atoms with Gasteiger partial charge in [0.1, 0.15) is 11.5 Å². The second-order valence-electron chi connectivity index (χ2n) is 7.19. The van der Waals surface area contributed by atoms with Gasteiger partial charge in [-0.05, 0) is 35.4 Å². The third-order valence-electron chi connectivity index (χ3n) is 5.03. The van der Waals surface area contributed by atoms with Gasteiger partial charge >= 0.3 is 0 Å². The Balaban J connectivity index is 1.95. The van der Waals surface area contributed by atoms with E-state index in [9.17, 15) is 25.1 Å². The molecule has 0 atom stereocenters. The van der Waals surface area contributed by atoms with Gasteiger partial charge in [-0.15, -0.1) is 0 Å². The molecule has 0 saturated heterocycles. The van der Waals surface area contributed by atoms with Crippen LogP contribution in [0.5, 0.6) is 11.5 Å². The predicted molar refractivity (Wildman–Crippen MR) is 119 cm³/mol. The van der Waals surface area contributed by atoms with E-state index in [0.717, 1.165) is 23.3 Å². The number of aromatic hydroxyl groups is 2. The van der Waals surface area contributed by atoms with Crippen molar-refractivity contribution in [1.29, 1.82) is 0 Å². The van der Waals surface area contributed by atoms with E-state index in [1.54, 1.807) is 24.3 Å². The van der Waals surface area contributed by atoms with Gasteiger partial charge in [-0.2, -0.15) is 0 Å². The van der Waals surface area contributed by atoms with Crippen molar-refractivity contribution in [3.8, 4) is 11.5 Å². The Morgan fingerprint density at radius 1 is 0.968 bits per heavy atom. The van der Waals surface area contributed by atoms with Crippen molar-refractivity contribution < 1.29 is 19.9 Å². The lowest BCUT2D eigenvalue weighted by atomic mass is 9.73. The molecule has 0 aliphatic carbocycles. The van der Waals surface area contributed by atoms with Crippen molar-refractivity contribution in [2.45, 2.75) is 18.8 Å². The first-order chi connectivity index (χ1) is 14.6. The van der Waals surface area contributed by atoms with E-state index in [2.05, 4.69) is 5.32 Å². The van der Waals surface area contributed by atoms with E-state index in [1.165, 1.54) is 24.3 Å². The van der Waals surface area contributed by atoms with E-state index < -0.39 is 16.2 Å². The highest BCUT2D eigenvalue weighted by molar-refractivity contribution is 6.40. The summed E-state index contributed by atoms with van der Waals surface area (Å²) in [5.41, 5.74) is 0.480. The van der Waals surface area contributed by atoms with Crippen LogP contribution in [0.25, 0.3) is 0 Å². The quantitative estimate of drug-likeness (QED) is 0.325. The Morgan fingerprint density at radius 3 is 1.77 bits per heavy atom. The van der Waals surface area contributed by atoms with Crippen LogP contribution < -0.4 is 5.32 Å². The fourth-order valence-electron chi connectivity index (χ4n) is 3.32. The van der Waals surface area contributed by atoms with Gasteiger partial charge < -0.3 is 15.5 Å². The Bertz CT molecular complexity index is 1060. The number of nitro benzene ring substituents is 1. The van der Waals surface area contributed by atoms with Crippen LogP contribution in [-0.4, -0.2) is 21.0 Å². The first-order valence-corrected chi connectivity index (χ1v) is 9.88. The standard InChI is InChI=1S/C22H18Cl2N2O5/c1-22(13-2-6-16(27)7-3-13,14-4-8-17(28)9-5-14)12-20(29)25-21-18(23)10-15(26(30)31)11-19(21)24/h2-11,27-28H,12H2,1H3,(H,25,29). The lowest BCUT2D eigenvalue weighted by Gasteiger charge is -2.30. The van der Waals surface area contributed by atoms with Crippen molar-refractivity contribution in [3.05, 3.63) is 92.0 Å². The first-order valence-electron chi connectivity index (χ1n) is 9.12. The van der Waals surface area contributed by atoms with Crippen LogP contribution in [0.2, 0.25) is 10.0 Å². The van der Waals surface area contributed by atoms with Gasteiger partial charge in [0.05, 0.1) is 20.7 Å². The molecule has 0 unspecified atom stereocenters. The molecule has 0 aliphatic rings. The predicted octanol–water partition coefficient (Wildman–Crippen LogP) is 5.65. The number of rotatable bonds is 6. The van der Waals surface area contributed by atoms with Crippen molar-refractivity contribution >= 4 is 40.5 Å². The second kappa shape index (κ2) is 8.83. The molecule has 0 fully saturated rings. The van der Waals surface area contributed by atoms with Crippen molar-refractivity contribution in [3.63, 3.8) is 0 Å². The van der Waals surface area contributed by atoms with Crippen LogP contribution in [-0.2, 0) is 10.2 Å². The van der Waals surface area contributed by atoms with Gasteiger partial charge in [0.15, 0.2) is 0 Å². The minimum Gasteiger partial charge on any atom is -0.508 e. The molecule has 1 amide bonds. The van der Waals surface area contributed by atoms with Crippen LogP contribution in [0.15, 0.2) is 60.7 Å². The molecule has 0 saturated carbocycles. The molecule has 3 aromatic carbocycles. The number of nitrogens with zero attached hydrogens (tertiary/aromatic N) is 1. The highest BCUT2D eigenvalue weighted by atomic mass is 35.5. The molecule has 3 aromatic rings. The molecule has 0 aliphatic heterocycles. The number of hydrogen-bond donors (Lipinski definition) is 3. The average Bonchev–Trinajstić information content (AvgIpc) is 2.71. The highest BCUT2D eigenvalue weighted by Gasteiger charge is 2.32. The molecule has 160 valence electrons. The van der Waals surface area contributed by atoms with Crippen LogP contribution in [0.3, 0.4) is 0 Å². The molecule has 9 heteroatoms. The zero-order chi connectivity index (χ0) is 22.8. The van der Waals surface area contributed by atoms with E-state index in [-0.39, 0.29) is 39.3 Å². The fourth-order valence-corrected chi connectivity index (χ4v) is 3.89. The summed E-state index contributed by atoms with van der Waals surface area (Å²) in [5, 5.41) is 32.8. The SMILES string of the molecule is CC(CC(=O)Nc1c(Cl)cc([N+](=O)[O-])cc1Cl)(c1ccc(O)cc1)c1ccc(O)cc1. The van der Waals surface area contributed by atoms with Crippen LogP contribution >= 0.6 is 23.2 Å². The number of non-ortho nitro benzene ring substituents is 1. The Kier molecular flexibility index (Phi) is 6.38. The molecular formula is C22H18Cl2N2O5. The van der Waals surface area contributed by atoms with Gasteiger partial charge in [-0.25, -0.2) is 0 Å². The van der Waals surface area contributed by atoms with Crippen LogP contribution in [0.1, 0.15) is 24.5 Å². The number of carbonyl (C=O) groups excluding carboxylic acids is 1. The molecular weight excluding hydrogens is 443 g/mol. The normalized spacial score (nSPS) is 11.2. The zero-order valence-electron chi connectivity index (χ0n) is 16.3. The third kappa shape index (κ3) is 4.90. The van der Waals surface area contributed by atoms with E-state index >= 15 is 0 Å². The lowest BCUT2D eigenvalue weighted by Crippen LogP contribution is -2.30. The molecule has 0 bridgehead atoms. The van der Waals surface area contributed by atoms with Crippen LogP contribution in [0, 0.1) is 10.1 Å². The molecule has 3 N–H and O–H groups in total. The molecule has 0 radical (unpaired) electrons. The largest absolute Gasteiger partial charge is 0.508 e. The smallest absolute Gasteiger partial charge is 0.272 e. The maximum atomic E-state index is 13.0. The first kappa shape index (κ1) is 22.4. The van der Waals surface area contributed by atoms with Gasteiger partial charge in [0.25, 0.3) is 5.69 Å². The van der Waals surface area contributed by atoms with Crippen LogP contribution in [0.4, 0.5) is 11.4 Å². The fraction of sp³-hybridized carbons (Fsp3) is 0.136.